The molecule has 0 aliphatic heterocycles. The molecule has 0 unspecified atom stereocenters. The van der Waals surface area contributed by atoms with Crippen LogP contribution in [0, 0.1) is 0 Å². The molecule has 1 aromatic heterocycles. The Labute approximate surface area is 97.2 Å². The van der Waals surface area contributed by atoms with Crippen LogP contribution in [0.5, 0.6) is 0 Å². The van der Waals surface area contributed by atoms with E-state index in [0.717, 1.165) is 31.3 Å². The number of H-pyrrole nitrogens is 1. The lowest BCUT2D eigenvalue weighted by Gasteiger charge is -2.15. The summed E-state index contributed by atoms with van der Waals surface area (Å²) in [6, 6.07) is 0.761. The zero-order valence-corrected chi connectivity index (χ0v) is 9.91. The summed E-state index contributed by atoms with van der Waals surface area (Å²) < 4.78 is 0. The van der Waals surface area contributed by atoms with Gasteiger partial charge in [0.25, 0.3) is 0 Å². The van der Waals surface area contributed by atoms with Crippen LogP contribution in [0.25, 0.3) is 0 Å². The average molecular weight is 222 g/mol. The summed E-state index contributed by atoms with van der Waals surface area (Å²) in [5.41, 5.74) is 0. The molecule has 0 aromatic carbocycles. The second-order valence-electron chi connectivity index (χ2n) is 4.68. The topological polar surface area (TPSA) is 53.6 Å². The predicted molar refractivity (Wildman–Crippen MR) is 64.2 cm³/mol. The van der Waals surface area contributed by atoms with E-state index < -0.39 is 0 Å². The Morgan fingerprint density at radius 2 is 2.06 bits per heavy atom. The summed E-state index contributed by atoms with van der Waals surface area (Å²) in [7, 11) is 0. The Hall–Kier alpha value is -0.900. The Balaban J connectivity index is 1.56. The normalized spacial score (nSPS) is 18.5. The van der Waals surface area contributed by atoms with Crippen molar-refractivity contribution < 1.29 is 0 Å². The molecule has 0 radical (unpaired) electrons. The maximum atomic E-state index is 4.12. The van der Waals surface area contributed by atoms with Crippen molar-refractivity contribution in [3.8, 4) is 0 Å². The molecule has 0 saturated heterocycles. The van der Waals surface area contributed by atoms with E-state index >= 15 is 0 Å². The molecule has 4 heteroatoms. The Bertz CT molecular complexity index is 263. The molecule has 0 amide bonds. The number of aryl methyl sites for hydroxylation is 1. The van der Waals surface area contributed by atoms with E-state index in [9.17, 15) is 0 Å². The van der Waals surface area contributed by atoms with Crippen molar-refractivity contribution in [1.29, 1.82) is 0 Å². The summed E-state index contributed by atoms with van der Waals surface area (Å²) >= 11 is 0. The van der Waals surface area contributed by atoms with Crippen molar-refractivity contribution >= 4 is 0 Å². The maximum absolute atomic E-state index is 4.12. The molecule has 4 nitrogen and oxygen atoms in total. The quantitative estimate of drug-likeness (QED) is 0.592. The number of nitrogens with zero attached hydrogens (tertiary/aromatic N) is 2. The van der Waals surface area contributed by atoms with Gasteiger partial charge in [0.2, 0.25) is 0 Å². The molecule has 16 heavy (non-hydrogen) atoms. The first-order valence-corrected chi connectivity index (χ1v) is 6.53. The summed E-state index contributed by atoms with van der Waals surface area (Å²) in [5, 5.41) is 10.4. The molecule has 0 spiro atoms. The lowest BCUT2D eigenvalue weighted by molar-refractivity contribution is 0.454. The second-order valence-corrected chi connectivity index (χ2v) is 4.68. The van der Waals surface area contributed by atoms with Crippen molar-refractivity contribution in [1.82, 2.24) is 20.5 Å². The first-order chi connectivity index (χ1) is 7.95. The van der Waals surface area contributed by atoms with E-state index in [4.69, 9.17) is 0 Å². The van der Waals surface area contributed by atoms with Crippen molar-refractivity contribution in [2.75, 3.05) is 6.54 Å². The molecule has 1 aliphatic carbocycles. The summed E-state index contributed by atoms with van der Waals surface area (Å²) in [6.07, 6.45) is 12.1. The highest BCUT2D eigenvalue weighted by Crippen LogP contribution is 2.17. The minimum atomic E-state index is 0.761. The van der Waals surface area contributed by atoms with Crippen LogP contribution in [0.3, 0.4) is 0 Å². The number of nitrogens with one attached hydrogen (secondary N) is 2. The Morgan fingerprint density at radius 3 is 2.75 bits per heavy atom. The van der Waals surface area contributed by atoms with Crippen LogP contribution in [-0.4, -0.2) is 27.8 Å². The van der Waals surface area contributed by atoms with E-state index in [1.807, 2.05) is 0 Å². The number of aromatic nitrogens is 3. The highest BCUT2D eigenvalue weighted by molar-refractivity contribution is 4.80. The molecule has 1 aromatic rings. The zero-order chi connectivity index (χ0) is 11.1. The number of aromatic amines is 1. The van der Waals surface area contributed by atoms with Crippen LogP contribution in [0.15, 0.2) is 6.33 Å². The summed E-state index contributed by atoms with van der Waals surface area (Å²) in [4.78, 5) is 4.12. The lowest BCUT2D eigenvalue weighted by atomic mass is 10.1. The molecule has 2 N–H and O–H groups in total. The third kappa shape index (κ3) is 3.93. The third-order valence-electron chi connectivity index (χ3n) is 3.34. The maximum Gasteiger partial charge on any atom is 0.137 e. The van der Waals surface area contributed by atoms with Gasteiger partial charge in [-0.15, -0.1) is 0 Å². The van der Waals surface area contributed by atoms with Crippen LogP contribution < -0.4 is 5.32 Å². The number of rotatable bonds is 5. The highest BCUT2D eigenvalue weighted by Gasteiger charge is 2.10. The van der Waals surface area contributed by atoms with Crippen molar-refractivity contribution in [3.05, 3.63) is 12.2 Å². The van der Waals surface area contributed by atoms with Crippen LogP contribution in [0.2, 0.25) is 0 Å². The molecule has 1 aliphatic rings. The smallest absolute Gasteiger partial charge is 0.137 e. The molecule has 0 atom stereocenters. The highest BCUT2D eigenvalue weighted by atomic mass is 15.2. The fourth-order valence-corrected chi connectivity index (χ4v) is 2.40. The monoisotopic (exact) mass is 222 g/mol. The van der Waals surface area contributed by atoms with Gasteiger partial charge in [-0.3, -0.25) is 5.10 Å². The predicted octanol–water partition coefficient (Wildman–Crippen LogP) is 2.05. The van der Waals surface area contributed by atoms with Gasteiger partial charge >= 0.3 is 0 Å². The SMILES string of the molecule is c1n[nH]c(CCCNC2CCCCCC2)n1. The van der Waals surface area contributed by atoms with Gasteiger partial charge in [-0.1, -0.05) is 25.7 Å². The van der Waals surface area contributed by atoms with Crippen molar-refractivity contribution in [2.45, 2.75) is 57.4 Å². The first kappa shape index (κ1) is 11.6. The molecule has 1 heterocycles. The fourth-order valence-electron chi connectivity index (χ4n) is 2.40. The lowest BCUT2D eigenvalue weighted by Crippen LogP contribution is -2.29. The minimum absolute atomic E-state index is 0.761. The van der Waals surface area contributed by atoms with Crippen molar-refractivity contribution in [2.24, 2.45) is 0 Å². The third-order valence-corrected chi connectivity index (χ3v) is 3.34. The summed E-state index contributed by atoms with van der Waals surface area (Å²) in [6.45, 7) is 1.10. The Kier molecular flexibility index (Phi) is 4.80. The van der Waals surface area contributed by atoms with Gasteiger partial charge in [-0.25, -0.2) is 4.98 Å². The van der Waals surface area contributed by atoms with E-state index in [0.29, 0.717) is 0 Å². The Morgan fingerprint density at radius 1 is 1.25 bits per heavy atom. The van der Waals surface area contributed by atoms with Gasteiger partial charge in [-0.2, -0.15) is 5.10 Å². The largest absolute Gasteiger partial charge is 0.314 e. The molecule has 1 fully saturated rings. The van der Waals surface area contributed by atoms with Gasteiger partial charge in [0.15, 0.2) is 0 Å². The van der Waals surface area contributed by atoms with Gasteiger partial charge < -0.3 is 5.32 Å². The number of hydrogen-bond acceptors (Lipinski definition) is 3. The minimum Gasteiger partial charge on any atom is -0.314 e. The van der Waals surface area contributed by atoms with E-state index in [1.54, 1.807) is 6.33 Å². The van der Waals surface area contributed by atoms with Gasteiger partial charge in [0.05, 0.1) is 0 Å². The van der Waals surface area contributed by atoms with Gasteiger partial charge in [-0.05, 0) is 25.8 Å². The van der Waals surface area contributed by atoms with Gasteiger partial charge in [0.1, 0.15) is 12.2 Å². The number of hydrogen-bond donors (Lipinski definition) is 2. The van der Waals surface area contributed by atoms with E-state index in [2.05, 4.69) is 20.5 Å². The summed E-state index contributed by atoms with van der Waals surface area (Å²) in [5.74, 6) is 1.00. The molecule has 1 saturated carbocycles. The van der Waals surface area contributed by atoms with E-state index in [-0.39, 0.29) is 0 Å². The first-order valence-electron chi connectivity index (χ1n) is 6.53. The standard InChI is InChI=1S/C12H22N4/c1-2-4-7-11(6-3-1)13-9-5-8-12-14-10-15-16-12/h10-11,13H,1-9H2,(H,14,15,16). The average Bonchev–Trinajstić information content (AvgIpc) is 2.68. The second kappa shape index (κ2) is 6.63. The molecule has 90 valence electrons. The van der Waals surface area contributed by atoms with Crippen LogP contribution in [0.1, 0.15) is 50.8 Å². The molecule has 2 rings (SSSR count). The zero-order valence-electron chi connectivity index (χ0n) is 9.91. The fraction of sp³-hybridized carbons (Fsp3) is 0.833. The van der Waals surface area contributed by atoms with E-state index in [1.165, 1.54) is 38.5 Å². The molecular formula is C12H22N4. The van der Waals surface area contributed by atoms with Crippen LogP contribution in [-0.2, 0) is 6.42 Å². The van der Waals surface area contributed by atoms with Crippen molar-refractivity contribution in [3.63, 3.8) is 0 Å². The molecule has 0 bridgehead atoms. The van der Waals surface area contributed by atoms with Crippen LogP contribution in [0.4, 0.5) is 0 Å². The molecular weight excluding hydrogens is 200 g/mol. The van der Waals surface area contributed by atoms with Gasteiger partial charge in [0, 0.05) is 12.5 Å². The van der Waals surface area contributed by atoms with Crippen LogP contribution >= 0.6 is 0 Å².